The first kappa shape index (κ1) is 14.1. The number of ketones is 1. The molecule has 0 spiro atoms. The topological polar surface area (TPSA) is 40.9 Å². The fourth-order valence-corrected chi connectivity index (χ4v) is 3.11. The molecule has 0 aliphatic heterocycles. The normalized spacial score (nSPS) is 14.4. The van der Waals surface area contributed by atoms with Crippen LogP contribution in [0, 0.1) is 28.7 Å². The molecule has 1 aliphatic carbocycles. The molecule has 2 nitrogen and oxygen atoms in total. The average molecular weight is 287 g/mol. The summed E-state index contributed by atoms with van der Waals surface area (Å²) in [4.78, 5) is 13.5. The molecule has 0 radical (unpaired) electrons. The number of nitrogens with zero attached hydrogens (tertiary/aromatic N) is 1. The van der Waals surface area contributed by atoms with Crippen LogP contribution >= 0.6 is 11.3 Å². The number of hydrogen-bond acceptors (Lipinski definition) is 3. The van der Waals surface area contributed by atoms with Crippen LogP contribution in [0.15, 0.2) is 6.07 Å². The van der Waals surface area contributed by atoms with Crippen molar-refractivity contribution in [1.82, 2.24) is 0 Å². The molecular weight excluding hydrogens is 270 g/mol. The lowest BCUT2D eigenvalue weighted by molar-refractivity contribution is 0.0976. The molecule has 1 heterocycles. The lowest BCUT2D eigenvalue weighted by Crippen LogP contribution is -2.16. The van der Waals surface area contributed by atoms with Gasteiger partial charge < -0.3 is 0 Å². The zero-order valence-electron chi connectivity index (χ0n) is 11.5. The molecule has 0 amide bonds. The van der Waals surface area contributed by atoms with Crippen LogP contribution < -0.4 is 0 Å². The molecule has 4 heteroatoms. The number of nitriles is 1. The molecule has 1 fully saturated rings. The van der Waals surface area contributed by atoms with Crippen LogP contribution in [-0.2, 0) is 0 Å². The molecule has 1 saturated carbocycles. The summed E-state index contributed by atoms with van der Waals surface area (Å²) in [6, 6.07) is 3.94. The number of carbonyl (C=O) groups is 1. The summed E-state index contributed by atoms with van der Waals surface area (Å²) in [7, 11) is -1.42. The van der Waals surface area contributed by atoms with Gasteiger partial charge in [0.25, 0.3) is 0 Å². The Labute approximate surface area is 119 Å². The van der Waals surface area contributed by atoms with Crippen molar-refractivity contribution >= 4 is 25.2 Å². The average Bonchev–Trinajstić information content (AvgIpc) is 3.03. The summed E-state index contributed by atoms with van der Waals surface area (Å²) in [6.07, 6.45) is 2.90. The molecule has 0 bridgehead atoms. The second-order valence-electron chi connectivity index (χ2n) is 6.04. The van der Waals surface area contributed by atoms with Gasteiger partial charge in [0.2, 0.25) is 0 Å². The van der Waals surface area contributed by atoms with Gasteiger partial charge in [-0.25, -0.2) is 0 Å². The van der Waals surface area contributed by atoms with Crippen LogP contribution in [-0.4, -0.2) is 13.9 Å². The Hall–Kier alpha value is -1.36. The van der Waals surface area contributed by atoms with E-state index in [1.807, 2.05) is 0 Å². The van der Waals surface area contributed by atoms with Gasteiger partial charge in [0, 0.05) is 12.0 Å². The molecule has 2 rings (SSSR count). The summed E-state index contributed by atoms with van der Waals surface area (Å²) in [6.45, 7) is 6.54. The van der Waals surface area contributed by atoms with E-state index < -0.39 is 8.07 Å². The van der Waals surface area contributed by atoms with Crippen molar-refractivity contribution in [1.29, 1.82) is 5.26 Å². The predicted molar refractivity (Wildman–Crippen MR) is 80.9 cm³/mol. The second kappa shape index (κ2) is 5.33. The summed E-state index contributed by atoms with van der Waals surface area (Å²) in [5.74, 6) is 3.79. The van der Waals surface area contributed by atoms with E-state index in [0.717, 1.165) is 17.7 Å². The zero-order chi connectivity index (χ0) is 14.0. The first-order chi connectivity index (χ1) is 8.89. The van der Waals surface area contributed by atoms with Crippen LogP contribution in [0.25, 0.3) is 0 Å². The Kier molecular flexibility index (Phi) is 3.94. The zero-order valence-corrected chi connectivity index (χ0v) is 13.4. The second-order valence-corrected chi connectivity index (χ2v) is 11.8. The van der Waals surface area contributed by atoms with Gasteiger partial charge in [0.1, 0.15) is 19.0 Å². The fraction of sp³-hybridized carbons (Fsp3) is 0.467. The Bertz CT molecular complexity index is 603. The van der Waals surface area contributed by atoms with Gasteiger partial charge in [0.05, 0.1) is 4.88 Å². The third-order valence-corrected chi connectivity index (χ3v) is 4.70. The molecule has 0 saturated heterocycles. The van der Waals surface area contributed by atoms with Crippen molar-refractivity contribution in [2.24, 2.45) is 5.92 Å². The van der Waals surface area contributed by atoms with E-state index in [0.29, 0.717) is 22.8 Å². The lowest BCUT2D eigenvalue weighted by Gasteiger charge is -2.02. The van der Waals surface area contributed by atoms with Crippen molar-refractivity contribution in [2.75, 3.05) is 0 Å². The minimum Gasteiger partial charge on any atom is -0.294 e. The van der Waals surface area contributed by atoms with Crippen molar-refractivity contribution in [3.05, 3.63) is 21.4 Å². The molecule has 1 aromatic heterocycles. The van der Waals surface area contributed by atoms with E-state index in [1.54, 1.807) is 6.07 Å². The number of carbonyl (C=O) groups excluding carboxylic acids is 1. The highest BCUT2D eigenvalue weighted by Gasteiger charge is 2.26. The van der Waals surface area contributed by atoms with Crippen molar-refractivity contribution < 1.29 is 4.79 Å². The smallest absolute Gasteiger partial charge is 0.165 e. The molecule has 1 aliphatic rings. The minimum atomic E-state index is -1.42. The van der Waals surface area contributed by atoms with Gasteiger partial charge in [-0.3, -0.25) is 4.79 Å². The van der Waals surface area contributed by atoms with E-state index in [1.165, 1.54) is 11.3 Å². The molecule has 0 N–H and O–H groups in total. The minimum absolute atomic E-state index is 0.108. The summed E-state index contributed by atoms with van der Waals surface area (Å²) in [5, 5.41) is 9.13. The van der Waals surface area contributed by atoms with Gasteiger partial charge in [-0.1, -0.05) is 25.6 Å². The van der Waals surface area contributed by atoms with Gasteiger partial charge in [-0.2, -0.15) is 5.26 Å². The molecule has 0 aromatic carbocycles. The maximum Gasteiger partial charge on any atom is 0.165 e. The highest BCUT2D eigenvalue weighted by atomic mass is 32.1. The summed E-state index contributed by atoms with van der Waals surface area (Å²) < 4.78 is 0. The summed E-state index contributed by atoms with van der Waals surface area (Å²) in [5.41, 5.74) is 3.86. The van der Waals surface area contributed by atoms with Crippen molar-refractivity contribution in [3.63, 3.8) is 0 Å². The van der Waals surface area contributed by atoms with Crippen LogP contribution in [0.4, 0.5) is 0 Å². The van der Waals surface area contributed by atoms with Crippen LogP contribution in [0.2, 0.25) is 19.6 Å². The van der Waals surface area contributed by atoms with E-state index in [2.05, 4.69) is 37.2 Å². The Balaban J connectivity index is 2.23. The number of rotatable bonds is 3. The molecule has 19 heavy (non-hydrogen) atoms. The standard InChI is InChI=1S/C15H17NOSSi/c1-19(2,3)7-6-12-9-13(15(10-16)18-12)14(17)8-11-4-5-11/h9,11H,4-5,8H2,1-3H3. The highest BCUT2D eigenvalue weighted by molar-refractivity contribution is 7.13. The SMILES string of the molecule is C[Si](C)(C)C#Cc1cc(C(=O)CC2CC2)c(C#N)s1. The highest BCUT2D eigenvalue weighted by Crippen LogP contribution is 2.34. The van der Waals surface area contributed by atoms with E-state index in [-0.39, 0.29) is 5.78 Å². The van der Waals surface area contributed by atoms with Crippen molar-refractivity contribution in [3.8, 4) is 17.5 Å². The molecule has 98 valence electrons. The van der Waals surface area contributed by atoms with E-state index in [4.69, 9.17) is 5.26 Å². The Morgan fingerprint density at radius 3 is 2.68 bits per heavy atom. The van der Waals surface area contributed by atoms with E-state index in [9.17, 15) is 4.79 Å². The van der Waals surface area contributed by atoms with Gasteiger partial charge in [-0.05, 0) is 24.8 Å². The third-order valence-electron chi connectivity index (χ3n) is 2.87. The maximum absolute atomic E-state index is 12.1. The summed E-state index contributed by atoms with van der Waals surface area (Å²) >= 11 is 1.34. The first-order valence-electron chi connectivity index (χ1n) is 6.49. The third kappa shape index (κ3) is 4.06. The monoisotopic (exact) mass is 287 g/mol. The number of thiophene rings is 1. The Morgan fingerprint density at radius 2 is 2.16 bits per heavy atom. The molecular formula is C15H17NOSSi. The number of Topliss-reactive ketones (excluding diaryl/α,β-unsaturated/α-hetero) is 1. The Morgan fingerprint density at radius 1 is 1.47 bits per heavy atom. The fourth-order valence-electron chi connectivity index (χ4n) is 1.69. The van der Waals surface area contributed by atoms with Crippen LogP contribution in [0.1, 0.15) is 39.4 Å². The molecule has 0 atom stereocenters. The first-order valence-corrected chi connectivity index (χ1v) is 10.8. The predicted octanol–water partition coefficient (Wildman–Crippen LogP) is 3.83. The van der Waals surface area contributed by atoms with Gasteiger partial charge in [-0.15, -0.1) is 16.9 Å². The maximum atomic E-state index is 12.1. The van der Waals surface area contributed by atoms with Crippen LogP contribution in [0.3, 0.4) is 0 Å². The van der Waals surface area contributed by atoms with Crippen LogP contribution in [0.5, 0.6) is 0 Å². The van der Waals surface area contributed by atoms with Gasteiger partial charge in [0.15, 0.2) is 5.78 Å². The van der Waals surface area contributed by atoms with E-state index >= 15 is 0 Å². The lowest BCUT2D eigenvalue weighted by atomic mass is 10.1. The molecule has 0 unspecified atom stereocenters. The van der Waals surface area contributed by atoms with Crippen molar-refractivity contribution in [2.45, 2.75) is 38.9 Å². The molecule has 1 aromatic rings. The van der Waals surface area contributed by atoms with Gasteiger partial charge >= 0.3 is 0 Å². The largest absolute Gasteiger partial charge is 0.294 e. The number of hydrogen-bond donors (Lipinski definition) is 0. The quantitative estimate of drug-likeness (QED) is 0.481.